The standard InChI is InChI=1S/C9H14N4O/c1-6(2)13-3-4-14-7-8(10)11-5-12-9(7)13/h5-6H,3-4H2,1-2H3,(H2,10,11,12). The summed E-state index contributed by atoms with van der Waals surface area (Å²) in [5.41, 5.74) is 5.70. The third-order valence-corrected chi connectivity index (χ3v) is 2.29. The molecule has 0 unspecified atom stereocenters. The van der Waals surface area contributed by atoms with Crippen LogP contribution in [0.2, 0.25) is 0 Å². The maximum Gasteiger partial charge on any atom is 0.204 e. The Morgan fingerprint density at radius 1 is 1.50 bits per heavy atom. The summed E-state index contributed by atoms with van der Waals surface area (Å²) in [7, 11) is 0. The number of nitrogens with zero attached hydrogens (tertiary/aromatic N) is 3. The van der Waals surface area contributed by atoms with Gasteiger partial charge in [-0.2, -0.15) is 0 Å². The van der Waals surface area contributed by atoms with E-state index in [1.165, 1.54) is 6.33 Å². The van der Waals surface area contributed by atoms with Gasteiger partial charge in [-0.1, -0.05) is 0 Å². The number of rotatable bonds is 1. The molecule has 0 amide bonds. The van der Waals surface area contributed by atoms with Gasteiger partial charge in [0.05, 0.1) is 6.54 Å². The molecule has 5 heteroatoms. The second-order valence-electron chi connectivity index (χ2n) is 3.55. The van der Waals surface area contributed by atoms with Crippen LogP contribution in [0.25, 0.3) is 0 Å². The highest BCUT2D eigenvalue weighted by Gasteiger charge is 2.23. The molecule has 0 spiro atoms. The zero-order chi connectivity index (χ0) is 10.1. The number of ether oxygens (including phenoxy) is 1. The van der Waals surface area contributed by atoms with Crippen molar-refractivity contribution in [2.24, 2.45) is 0 Å². The molecule has 1 aromatic rings. The molecule has 1 aliphatic rings. The van der Waals surface area contributed by atoms with E-state index in [2.05, 4.69) is 28.7 Å². The van der Waals surface area contributed by atoms with Crippen LogP contribution >= 0.6 is 0 Å². The minimum absolute atomic E-state index is 0.395. The molecule has 14 heavy (non-hydrogen) atoms. The fraction of sp³-hybridized carbons (Fsp3) is 0.556. The molecule has 0 aliphatic carbocycles. The lowest BCUT2D eigenvalue weighted by Gasteiger charge is -2.33. The second kappa shape index (κ2) is 3.32. The van der Waals surface area contributed by atoms with Gasteiger partial charge in [-0.25, -0.2) is 9.97 Å². The van der Waals surface area contributed by atoms with Gasteiger partial charge in [-0.3, -0.25) is 0 Å². The molecule has 2 N–H and O–H groups in total. The van der Waals surface area contributed by atoms with E-state index < -0.39 is 0 Å². The number of fused-ring (bicyclic) bond motifs is 1. The van der Waals surface area contributed by atoms with E-state index in [9.17, 15) is 0 Å². The fourth-order valence-corrected chi connectivity index (χ4v) is 1.58. The van der Waals surface area contributed by atoms with Crippen molar-refractivity contribution in [2.75, 3.05) is 23.8 Å². The topological polar surface area (TPSA) is 64.3 Å². The van der Waals surface area contributed by atoms with Gasteiger partial charge in [-0.15, -0.1) is 0 Å². The molecule has 76 valence electrons. The number of nitrogen functional groups attached to an aromatic ring is 1. The molecular formula is C9H14N4O. The number of hydrogen-bond donors (Lipinski definition) is 1. The summed E-state index contributed by atoms with van der Waals surface area (Å²) >= 11 is 0. The minimum atomic E-state index is 0.395. The molecule has 0 fully saturated rings. The van der Waals surface area contributed by atoms with Gasteiger partial charge >= 0.3 is 0 Å². The van der Waals surface area contributed by atoms with Crippen molar-refractivity contribution in [1.82, 2.24) is 9.97 Å². The summed E-state index contributed by atoms with van der Waals surface area (Å²) in [6, 6.07) is 0.395. The normalized spacial score (nSPS) is 15.2. The maximum absolute atomic E-state index is 5.70. The van der Waals surface area contributed by atoms with Crippen LogP contribution in [0, 0.1) is 0 Å². The van der Waals surface area contributed by atoms with Gasteiger partial charge in [0.25, 0.3) is 0 Å². The SMILES string of the molecule is CC(C)N1CCOc2c(N)ncnc21. The lowest BCUT2D eigenvalue weighted by atomic mass is 10.2. The Bertz CT molecular complexity index is 340. The highest BCUT2D eigenvalue weighted by atomic mass is 16.5. The van der Waals surface area contributed by atoms with Gasteiger partial charge in [0.1, 0.15) is 12.9 Å². The molecule has 0 aromatic carbocycles. The molecule has 0 saturated heterocycles. The van der Waals surface area contributed by atoms with Gasteiger partial charge in [0, 0.05) is 6.04 Å². The van der Waals surface area contributed by atoms with Crippen molar-refractivity contribution in [3.63, 3.8) is 0 Å². The zero-order valence-corrected chi connectivity index (χ0v) is 8.40. The van der Waals surface area contributed by atoms with Gasteiger partial charge in [0.15, 0.2) is 11.6 Å². The Morgan fingerprint density at radius 3 is 3.00 bits per heavy atom. The molecule has 0 radical (unpaired) electrons. The number of aromatic nitrogens is 2. The Kier molecular flexibility index (Phi) is 2.15. The molecular weight excluding hydrogens is 180 g/mol. The Hall–Kier alpha value is -1.52. The van der Waals surface area contributed by atoms with E-state index in [4.69, 9.17) is 10.5 Å². The molecule has 0 bridgehead atoms. The first-order valence-electron chi connectivity index (χ1n) is 4.70. The zero-order valence-electron chi connectivity index (χ0n) is 8.40. The lowest BCUT2D eigenvalue weighted by molar-refractivity contribution is 0.300. The summed E-state index contributed by atoms with van der Waals surface area (Å²) in [6.07, 6.45) is 1.47. The molecule has 1 aromatic heterocycles. The average Bonchev–Trinajstić information content (AvgIpc) is 2.17. The van der Waals surface area contributed by atoms with Crippen LogP contribution < -0.4 is 15.4 Å². The Balaban J connectivity index is 2.44. The number of hydrogen-bond acceptors (Lipinski definition) is 5. The van der Waals surface area contributed by atoms with Crippen LogP contribution in [0.5, 0.6) is 5.75 Å². The largest absolute Gasteiger partial charge is 0.485 e. The van der Waals surface area contributed by atoms with Crippen LogP contribution in [0.15, 0.2) is 6.33 Å². The fourth-order valence-electron chi connectivity index (χ4n) is 1.58. The molecule has 5 nitrogen and oxygen atoms in total. The first kappa shape index (κ1) is 9.05. The Labute approximate surface area is 82.9 Å². The predicted octanol–water partition coefficient (Wildman–Crippen LogP) is 0.666. The van der Waals surface area contributed by atoms with Crippen LogP contribution in [-0.2, 0) is 0 Å². The van der Waals surface area contributed by atoms with Crippen molar-refractivity contribution in [2.45, 2.75) is 19.9 Å². The third kappa shape index (κ3) is 1.34. The third-order valence-electron chi connectivity index (χ3n) is 2.29. The van der Waals surface area contributed by atoms with Gasteiger partial charge in [0.2, 0.25) is 5.75 Å². The molecule has 1 aliphatic heterocycles. The summed E-state index contributed by atoms with van der Waals surface area (Å²) in [4.78, 5) is 10.3. The summed E-state index contributed by atoms with van der Waals surface area (Å²) in [5, 5.41) is 0. The number of anilines is 2. The van der Waals surface area contributed by atoms with Crippen molar-refractivity contribution < 1.29 is 4.74 Å². The van der Waals surface area contributed by atoms with E-state index in [-0.39, 0.29) is 0 Å². The van der Waals surface area contributed by atoms with E-state index >= 15 is 0 Å². The highest BCUT2D eigenvalue weighted by molar-refractivity contribution is 5.64. The summed E-state index contributed by atoms with van der Waals surface area (Å²) in [6.45, 7) is 5.73. The molecule has 0 saturated carbocycles. The lowest BCUT2D eigenvalue weighted by Crippen LogP contribution is -2.38. The van der Waals surface area contributed by atoms with Crippen molar-refractivity contribution in [3.8, 4) is 5.75 Å². The first-order chi connectivity index (χ1) is 6.70. The van der Waals surface area contributed by atoms with Gasteiger partial charge in [-0.05, 0) is 13.8 Å². The highest BCUT2D eigenvalue weighted by Crippen LogP contribution is 2.33. The monoisotopic (exact) mass is 194 g/mol. The van der Waals surface area contributed by atoms with Crippen LogP contribution in [0.3, 0.4) is 0 Å². The smallest absolute Gasteiger partial charge is 0.204 e. The van der Waals surface area contributed by atoms with E-state index in [1.807, 2.05) is 0 Å². The first-order valence-corrected chi connectivity index (χ1v) is 4.70. The van der Waals surface area contributed by atoms with Crippen molar-refractivity contribution >= 4 is 11.6 Å². The van der Waals surface area contributed by atoms with Crippen LogP contribution in [0.1, 0.15) is 13.8 Å². The maximum atomic E-state index is 5.70. The predicted molar refractivity (Wildman–Crippen MR) is 54.4 cm³/mol. The van der Waals surface area contributed by atoms with Crippen LogP contribution in [0.4, 0.5) is 11.6 Å². The van der Waals surface area contributed by atoms with Crippen molar-refractivity contribution in [3.05, 3.63) is 6.33 Å². The van der Waals surface area contributed by atoms with Crippen molar-refractivity contribution in [1.29, 1.82) is 0 Å². The minimum Gasteiger partial charge on any atom is -0.485 e. The second-order valence-corrected chi connectivity index (χ2v) is 3.55. The number of nitrogens with two attached hydrogens (primary N) is 1. The van der Waals surface area contributed by atoms with E-state index in [0.29, 0.717) is 24.2 Å². The Morgan fingerprint density at radius 2 is 2.29 bits per heavy atom. The quantitative estimate of drug-likeness (QED) is 0.711. The molecule has 2 heterocycles. The average molecular weight is 194 g/mol. The van der Waals surface area contributed by atoms with Crippen LogP contribution in [-0.4, -0.2) is 29.2 Å². The summed E-state index contributed by atoms with van der Waals surface area (Å²) in [5.74, 6) is 1.84. The van der Waals surface area contributed by atoms with E-state index in [0.717, 1.165) is 12.4 Å². The molecule has 2 rings (SSSR count). The summed E-state index contributed by atoms with van der Waals surface area (Å²) < 4.78 is 5.44. The van der Waals surface area contributed by atoms with Gasteiger partial charge < -0.3 is 15.4 Å². The molecule has 0 atom stereocenters. The van der Waals surface area contributed by atoms with E-state index in [1.54, 1.807) is 0 Å².